The minimum atomic E-state index is -4.96. The molecule has 0 aromatic heterocycles. The Morgan fingerprint density at radius 1 is 1.24 bits per heavy atom. The zero-order valence-corrected chi connectivity index (χ0v) is 12.5. The summed E-state index contributed by atoms with van der Waals surface area (Å²) in [6.45, 7) is 8.25. The molecule has 0 saturated carbocycles. The lowest BCUT2D eigenvalue weighted by Crippen LogP contribution is -2.50. The van der Waals surface area contributed by atoms with Gasteiger partial charge in [-0.2, -0.15) is 13.2 Å². The first-order chi connectivity index (χ1) is 9.41. The topological polar surface area (TPSA) is 48.0 Å². The molecule has 2 heterocycles. The van der Waals surface area contributed by atoms with Crippen LogP contribution in [0.3, 0.4) is 0 Å². The number of rotatable bonds is 3. The molecular weight excluding hydrogens is 290 g/mol. The van der Waals surface area contributed by atoms with Crippen LogP contribution in [-0.4, -0.2) is 48.6 Å². The Balaban J connectivity index is 1.74. The van der Waals surface area contributed by atoms with Crippen LogP contribution < -0.4 is 0 Å². The largest absolute Gasteiger partial charge is 0.492 e. The number of carbonyl (C=O) groups is 1. The van der Waals surface area contributed by atoms with Gasteiger partial charge in [0.15, 0.2) is 0 Å². The first-order valence-corrected chi connectivity index (χ1v) is 6.80. The summed E-state index contributed by atoms with van der Waals surface area (Å²) in [7, 11) is -0.388. The molecule has 0 unspecified atom stereocenters. The lowest BCUT2D eigenvalue weighted by atomic mass is 9.75. The van der Waals surface area contributed by atoms with E-state index in [2.05, 4.69) is 4.84 Å². The highest BCUT2D eigenvalue weighted by atomic mass is 19.4. The predicted molar refractivity (Wildman–Crippen MR) is 68.1 cm³/mol. The summed E-state index contributed by atoms with van der Waals surface area (Å²) >= 11 is 0. The van der Waals surface area contributed by atoms with Gasteiger partial charge in [-0.1, -0.05) is 0 Å². The van der Waals surface area contributed by atoms with Crippen LogP contribution in [0, 0.1) is 5.92 Å². The van der Waals surface area contributed by atoms with E-state index in [1.165, 1.54) is 0 Å². The van der Waals surface area contributed by atoms with Gasteiger partial charge in [0.25, 0.3) is 0 Å². The summed E-state index contributed by atoms with van der Waals surface area (Å²) in [6, 6.07) is 0. The second kappa shape index (κ2) is 5.14. The Bertz CT molecular complexity index is 405. The van der Waals surface area contributed by atoms with Crippen LogP contribution in [0.1, 0.15) is 27.7 Å². The minimum absolute atomic E-state index is 0.0840. The van der Waals surface area contributed by atoms with Crippen LogP contribution in [0.4, 0.5) is 13.2 Å². The molecule has 0 aromatic carbocycles. The van der Waals surface area contributed by atoms with E-state index in [4.69, 9.17) is 9.31 Å². The van der Waals surface area contributed by atoms with Crippen molar-refractivity contribution in [3.63, 3.8) is 0 Å². The highest BCUT2D eigenvalue weighted by molar-refractivity contribution is 6.45. The molecule has 2 aliphatic rings. The van der Waals surface area contributed by atoms with Crippen molar-refractivity contribution in [3.05, 3.63) is 0 Å². The summed E-state index contributed by atoms with van der Waals surface area (Å²) in [6.07, 6.45) is -4.40. The maximum absolute atomic E-state index is 12.0. The number of hydrogen-bond donors (Lipinski definition) is 0. The van der Waals surface area contributed by atoms with Gasteiger partial charge in [-0.15, -0.1) is 5.06 Å². The van der Waals surface area contributed by atoms with E-state index in [0.717, 1.165) is 5.06 Å². The lowest BCUT2D eigenvalue weighted by molar-refractivity contribution is -0.257. The van der Waals surface area contributed by atoms with Crippen molar-refractivity contribution >= 4 is 13.1 Å². The van der Waals surface area contributed by atoms with Crippen LogP contribution >= 0.6 is 0 Å². The number of nitrogens with zero attached hydrogens (tertiary/aromatic N) is 1. The first-order valence-electron chi connectivity index (χ1n) is 6.80. The molecule has 9 heteroatoms. The fraction of sp³-hybridized carbons (Fsp3) is 0.917. The van der Waals surface area contributed by atoms with Crippen molar-refractivity contribution in [2.45, 2.75) is 51.4 Å². The highest BCUT2D eigenvalue weighted by Gasteiger charge is 2.52. The maximum atomic E-state index is 12.0. The average molecular weight is 309 g/mol. The van der Waals surface area contributed by atoms with Gasteiger partial charge >= 0.3 is 19.3 Å². The summed E-state index contributed by atoms with van der Waals surface area (Å²) in [5.41, 5.74) is -0.853. The first kappa shape index (κ1) is 16.6. The predicted octanol–water partition coefficient (Wildman–Crippen LogP) is 2.03. The molecule has 2 aliphatic heterocycles. The Labute approximate surface area is 121 Å². The molecule has 5 nitrogen and oxygen atoms in total. The Morgan fingerprint density at radius 3 is 2.14 bits per heavy atom. The molecule has 2 rings (SSSR count). The lowest BCUT2D eigenvalue weighted by Gasteiger charge is -2.37. The monoisotopic (exact) mass is 309 g/mol. The van der Waals surface area contributed by atoms with Crippen molar-refractivity contribution < 1.29 is 32.1 Å². The van der Waals surface area contributed by atoms with Gasteiger partial charge in [0.05, 0.1) is 11.2 Å². The van der Waals surface area contributed by atoms with Gasteiger partial charge in [-0.05, 0) is 39.9 Å². The molecule has 2 fully saturated rings. The third-order valence-electron chi connectivity index (χ3n) is 4.19. The Morgan fingerprint density at radius 2 is 1.71 bits per heavy atom. The van der Waals surface area contributed by atoms with E-state index >= 15 is 0 Å². The zero-order valence-electron chi connectivity index (χ0n) is 12.5. The second-order valence-electron chi connectivity index (χ2n) is 6.51. The molecule has 21 heavy (non-hydrogen) atoms. The smallest absolute Gasteiger partial charge is 0.403 e. The van der Waals surface area contributed by atoms with E-state index in [0.29, 0.717) is 6.32 Å². The highest BCUT2D eigenvalue weighted by Crippen LogP contribution is 2.39. The number of halogens is 3. The standard InChI is InChI=1S/C12H19BF3NO4/c1-10(2)11(3,4)21-13(20-10)5-8-6-17(7-8)19-9(18)12(14,15)16/h8H,5-7H2,1-4H3. The summed E-state index contributed by atoms with van der Waals surface area (Å²) < 4.78 is 47.7. The number of hydrogen-bond acceptors (Lipinski definition) is 5. The van der Waals surface area contributed by atoms with Gasteiger partial charge in [-0.25, -0.2) is 4.79 Å². The normalized spacial score (nSPS) is 25.8. The molecule has 0 atom stereocenters. The molecule has 0 bridgehead atoms. The molecule has 120 valence electrons. The summed E-state index contributed by atoms with van der Waals surface area (Å²) in [4.78, 5) is 14.9. The van der Waals surface area contributed by atoms with E-state index < -0.39 is 23.3 Å². The molecule has 2 saturated heterocycles. The van der Waals surface area contributed by atoms with E-state index in [1.54, 1.807) is 0 Å². The van der Waals surface area contributed by atoms with Crippen LogP contribution in [-0.2, 0) is 18.9 Å². The zero-order chi connectivity index (χ0) is 16.1. The van der Waals surface area contributed by atoms with E-state index in [9.17, 15) is 18.0 Å². The van der Waals surface area contributed by atoms with Crippen molar-refractivity contribution in [2.24, 2.45) is 5.92 Å². The van der Waals surface area contributed by atoms with Crippen LogP contribution in [0.2, 0.25) is 6.32 Å². The number of alkyl halides is 3. The Kier molecular flexibility index (Phi) is 4.05. The summed E-state index contributed by atoms with van der Waals surface area (Å²) in [5, 5.41) is 1.01. The molecule has 0 aliphatic carbocycles. The van der Waals surface area contributed by atoms with Crippen LogP contribution in [0.25, 0.3) is 0 Å². The molecule has 0 amide bonds. The average Bonchev–Trinajstić information content (AvgIpc) is 2.42. The maximum Gasteiger partial charge on any atom is 0.492 e. The van der Waals surface area contributed by atoms with Crippen molar-refractivity contribution in [2.75, 3.05) is 13.1 Å². The third kappa shape index (κ3) is 3.52. The molecule has 0 N–H and O–H groups in total. The van der Waals surface area contributed by atoms with Gasteiger partial charge in [-0.3, -0.25) is 0 Å². The number of hydroxylamine groups is 2. The molecular formula is C12H19BF3NO4. The molecule has 0 radical (unpaired) electrons. The fourth-order valence-corrected chi connectivity index (χ4v) is 2.25. The quantitative estimate of drug-likeness (QED) is 0.747. The van der Waals surface area contributed by atoms with Crippen molar-refractivity contribution in [1.29, 1.82) is 0 Å². The summed E-state index contributed by atoms with van der Waals surface area (Å²) in [5.74, 6) is -2.10. The second-order valence-corrected chi connectivity index (χ2v) is 6.51. The molecule has 0 spiro atoms. The fourth-order valence-electron chi connectivity index (χ4n) is 2.25. The van der Waals surface area contributed by atoms with E-state index in [-0.39, 0.29) is 26.1 Å². The number of carbonyl (C=O) groups excluding carboxylic acids is 1. The molecule has 0 aromatic rings. The Hall–Kier alpha value is -0.795. The van der Waals surface area contributed by atoms with Crippen molar-refractivity contribution in [3.8, 4) is 0 Å². The van der Waals surface area contributed by atoms with Gasteiger partial charge in [0, 0.05) is 13.1 Å². The van der Waals surface area contributed by atoms with Gasteiger partial charge < -0.3 is 14.1 Å². The minimum Gasteiger partial charge on any atom is -0.403 e. The SMILES string of the molecule is CC1(C)OB(CC2CN(OC(=O)C(F)(F)F)C2)OC1(C)C. The van der Waals surface area contributed by atoms with Crippen LogP contribution in [0.5, 0.6) is 0 Å². The van der Waals surface area contributed by atoms with E-state index in [1.807, 2.05) is 27.7 Å². The van der Waals surface area contributed by atoms with Crippen molar-refractivity contribution in [1.82, 2.24) is 5.06 Å². The van der Waals surface area contributed by atoms with Gasteiger partial charge in [0.2, 0.25) is 0 Å². The van der Waals surface area contributed by atoms with Crippen LogP contribution in [0.15, 0.2) is 0 Å². The van der Waals surface area contributed by atoms with Gasteiger partial charge in [0.1, 0.15) is 0 Å². The third-order valence-corrected chi connectivity index (χ3v) is 4.19.